The molecule has 0 aliphatic carbocycles. The highest BCUT2D eigenvalue weighted by Gasteiger charge is 2.26. The van der Waals surface area contributed by atoms with E-state index in [1.165, 1.54) is 6.07 Å². The Hall–Kier alpha value is -2.76. The fourth-order valence-corrected chi connectivity index (χ4v) is 3.43. The lowest BCUT2D eigenvalue weighted by Gasteiger charge is -2.32. The Morgan fingerprint density at radius 1 is 1.23 bits per heavy atom. The van der Waals surface area contributed by atoms with Crippen LogP contribution in [-0.2, 0) is 6.42 Å². The Labute approximate surface area is 151 Å². The van der Waals surface area contributed by atoms with Crippen LogP contribution in [0.1, 0.15) is 41.8 Å². The summed E-state index contributed by atoms with van der Waals surface area (Å²) in [7, 11) is 0. The molecule has 0 saturated carbocycles. The van der Waals surface area contributed by atoms with Crippen molar-refractivity contribution in [1.82, 2.24) is 15.0 Å². The highest BCUT2D eigenvalue weighted by Crippen LogP contribution is 2.29. The number of hydrogen-bond donors (Lipinski definition) is 0. The van der Waals surface area contributed by atoms with Crippen LogP contribution in [0.4, 0.5) is 10.2 Å². The maximum absolute atomic E-state index is 13.8. The minimum absolute atomic E-state index is 0.214. The molecule has 0 bridgehead atoms. The minimum Gasteiger partial charge on any atom is -0.445 e. The predicted molar refractivity (Wildman–Crippen MR) is 96.7 cm³/mol. The number of hydrogen-bond acceptors (Lipinski definition) is 5. The number of benzene rings is 1. The molecule has 0 spiro atoms. The van der Waals surface area contributed by atoms with Gasteiger partial charge in [0.2, 0.25) is 0 Å². The zero-order valence-electron chi connectivity index (χ0n) is 14.7. The fourth-order valence-electron chi connectivity index (χ4n) is 3.43. The van der Waals surface area contributed by atoms with Crippen LogP contribution in [0, 0.1) is 12.7 Å². The molecule has 0 N–H and O–H groups in total. The number of piperidine rings is 1. The molecule has 1 aliphatic rings. The van der Waals surface area contributed by atoms with Crippen molar-refractivity contribution in [2.45, 2.75) is 32.1 Å². The molecule has 0 unspecified atom stereocenters. The summed E-state index contributed by atoms with van der Waals surface area (Å²) < 4.78 is 19.8. The van der Waals surface area contributed by atoms with Crippen molar-refractivity contribution in [2.75, 3.05) is 18.0 Å². The molecular formula is C20H21FN4O. The molecule has 1 saturated heterocycles. The highest BCUT2D eigenvalue weighted by atomic mass is 19.1. The quantitative estimate of drug-likeness (QED) is 0.713. The molecule has 3 heterocycles. The zero-order valence-corrected chi connectivity index (χ0v) is 14.7. The number of nitrogens with zero attached hydrogens (tertiary/aromatic N) is 4. The first-order valence-corrected chi connectivity index (χ1v) is 8.91. The average molecular weight is 352 g/mol. The van der Waals surface area contributed by atoms with Gasteiger partial charge in [0.1, 0.15) is 23.2 Å². The van der Waals surface area contributed by atoms with E-state index in [1.54, 1.807) is 24.5 Å². The third kappa shape index (κ3) is 3.59. The van der Waals surface area contributed by atoms with Crippen molar-refractivity contribution in [3.8, 4) is 0 Å². The molecule has 6 heteroatoms. The first-order valence-electron chi connectivity index (χ1n) is 8.91. The summed E-state index contributed by atoms with van der Waals surface area (Å²) in [4.78, 5) is 15.4. The van der Waals surface area contributed by atoms with Crippen LogP contribution < -0.4 is 4.90 Å². The van der Waals surface area contributed by atoms with E-state index in [9.17, 15) is 4.39 Å². The van der Waals surface area contributed by atoms with Crippen LogP contribution in [0.3, 0.4) is 0 Å². The van der Waals surface area contributed by atoms with Crippen LogP contribution in [0.5, 0.6) is 0 Å². The molecule has 1 atom stereocenters. The van der Waals surface area contributed by atoms with Gasteiger partial charge in [-0.1, -0.05) is 18.2 Å². The monoisotopic (exact) mass is 352 g/mol. The van der Waals surface area contributed by atoms with Crippen molar-refractivity contribution in [3.63, 3.8) is 0 Å². The van der Waals surface area contributed by atoms with Crippen molar-refractivity contribution >= 4 is 5.82 Å². The molecule has 1 aromatic carbocycles. The Balaban J connectivity index is 1.48. The van der Waals surface area contributed by atoms with Crippen molar-refractivity contribution < 1.29 is 8.81 Å². The number of aromatic nitrogens is 3. The van der Waals surface area contributed by atoms with Crippen LogP contribution in [-0.4, -0.2) is 28.0 Å². The number of aryl methyl sites for hydroxylation is 1. The lowest BCUT2D eigenvalue weighted by atomic mass is 9.98. The van der Waals surface area contributed by atoms with E-state index in [0.717, 1.165) is 43.5 Å². The fraction of sp³-hybridized carbons (Fsp3) is 0.350. The van der Waals surface area contributed by atoms with Gasteiger partial charge in [-0.3, -0.25) is 0 Å². The van der Waals surface area contributed by atoms with E-state index in [0.29, 0.717) is 17.7 Å². The summed E-state index contributed by atoms with van der Waals surface area (Å²) in [5.74, 6) is 3.14. The summed E-state index contributed by atoms with van der Waals surface area (Å²) in [5.41, 5.74) is 0.622. The molecule has 2 aromatic heterocycles. The second-order valence-electron chi connectivity index (χ2n) is 6.68. The third-order valence-corrected chi connectivity index (χ3v) is 4.75. The Morgan fingerprint density at radius 3 is 2.96 bits per heavy atom. The molecule has 0 radical (unpaired) electrons. The first kappa shape index (κ1) is 16.7. The molecule has 134 valence electrons. The molecule has 1 aliphatic heterocycles. The van der Waals surface area contributed by atoms with E-state index < -0.39 is 0 Å². The summed E-state index contributed by atoms with van der Waals surface area (Å²) >= 11 is 0. The minimum atomic E-state index is -0.214. The second-order valence-corrected chi connectivity index (χ2v) is 6.68. The maximum Gasteiger partial charge on any atom is 0.199 e. The largest absolute Gasteiger partial charge is 0.445 e. The van der Waals surface area contributed by atoms with E-state index >= 15 is 0 Å². The van der Waals surface area contributed by atoms with Crippen molar-refractivity contribution in [1.29, 1.82) is 0 Å². The number of halogens is 1. The van der Waals surface area contributed by atoms with Gasteiger partial charge in [0, 0.05) is 25.7 Å². The lowest BCUT2D eigenvalue weighted by Crippen LogP contribution is -2.35. The van der Waals surface area contributed by atoms with E-state index in [4.69, 9.17) is 4.42 Å². The van der Waals surface area contributed by atoms with Crippen molar-refractivity contribution in [3.05, 3.63) is 71.6 Å². The Bertz CT molecular complexity index is 895. The van der Waals surface area contributed by atoms with Gasteiger partial charge in [-0.15, -0.1) is 0 Å². The number of anilines is 1. The molecule has 1 fully saturated rings. The van der Waals surface area contributed by atoms with Gasteiger partial charge in [0.05, 0.1) is 12.1 Å². The van der Waals surface area contributed by atoms with Gasteiger partial charge in [0.25, 0.3) is 0 Å². The van der Waals surface area contributed by atoms with Gasteiger partial charge in [-0.05, 0) is 37.5 Å². The Kier molecular flexibility index (Phi) is 4.65. The predicted octanol–water partition coefficient (Wildman–Crippen LogP) is 3.89. The average Bonchev–Trinajstić information content (AvgIpc) is 3.12. The van der Waals surface area contributed by atoms with Crippen molar-refractivity contribution in [2.24, 2.45) is 0 Å². The highest BCUT2D eigenvalue weighted by molar-refractivity contribution is 5.38. The van der Waals surface area contributed by atoms with Crippen LogP contribution in [0.15, 0.2) is 47.1 Å². The van der Waals surface area contributed by atoms with Crippen LogP contribution in [0.2, 0.25) is 0 Å². The normalized spacial score (nSPS) is 17.5. The molecule has 4 rings (SSSR count). The van der Waals surface area contributed by atoms with Crippen LogP contribution in [0.25, 0.3) is 0 Å². The van der Waals surface area contributed by atoms with Gasteiger partial charge in [-0.2, -0.15) is 0 Å². The van der Waals surface area contributed by atoms with Gasteiger partial charge < -0.3 is 9.32 Å². The Morgan fingerprint density at radius 2 is 2.12 bits per heavy atom. The molecule has 5 nitrogen and oxygen atoms in total. The molecule has 3 aromatic rings. The van der Waals surface area contributed by atoms with Gasteiger partial charge in [-0.25, -0.2) is 19.3 Å². The second kappa shape index (κ2) is 7.23. The zero-order chi connectivity index (χ0) is 17.9. The van der Waals surface area contributed by atoms with E-state index in [1.807, 2.05) is 19.1 Å². The maximum atomic E-state index is 13.8. The standard InChI is InChI=1S/C20H21FN4O/c1-14-22-9-8-19(24-14)25-10-4-6-16(13-25)20-23-12-17(26-20)11-15-5-2-3-7-18(15)21/h2-3,5,7-9,12,16H,4,6,10-11,13H2,1H3/t16-/m1/s1. The van der Waals surface area contributed by atoms with Gasteiger partial charge >= 0.3 is 0 Å². The SMILES string of the molecule is Cc1nccc(N2CCC[C@@H](c3ncc(Cc4ccccc4F)o3)C2)n1. The summed E-state index contributed by atoms with van der Waals surface area (Å²) in [6.45, 7) is 3.68. The number of rotatable bonds is 4. The van der Waals surface area contributed by atoms with Crippen LogP contribution >= 0.6 is 0 Å². The van der Waals surface area contributed by atoms with Gasteiger partial charge in [0.15, 0.2) is 5.89 Å². The summed E-state index contributed by atoms with van der Waals surface area (Å²) in [5, 5.41) is 0. The van der Waals surface area contributed by atoms with E-state index in [-0.39, 0.29) is 11.7 Å². The smallest absolute Gasteiger partial charge is 0.199 e. The molecular weight excluding hydrogens is 331 g/mol. The molecule has 0 amide bonds. The molecule has 26 heavy (non-hydrogen) atoms. The first-order chi connectivity index (χ1) is 12.7. The number of oxazole rings is 1. The third-order valence-electron chi connectivity index (χ3n) is 4.75. The summed E-state index contributed by atoms with van der Waals surface area (Å²) in [6, 6.07) is 8.70. The van der Waals surface area contributed by atoms with E-state index in [2.05, 4.69) is 19.9 Å². The topological polar surface area (TPSA) is 55.1 Å². The summed E-state index contributed by atoms with van der Waals surface area (Å²) in [6.07, 6.45) is 6.01. The lowest BCUT2D eigenvalue weighted by molar-refractivity contribution is 0.383.